The van der Waals surface area contributed by atoms with Crippen molar-refractivity contribution < 1.29 is 19.0 Å². The van der Waals surface area contributed by atoms with Crippen molar-refractivity contribution in [2.45, 2.75) is 52.7 Å². The fourth-order valence-electron chi connectivity index (χ4n) is 4.95. The Kier molecular flexibility index (Phi) is 5.72. The van der Waals surface area contributed by atoms with Crippen molar-refractivity contribution in [2.24, 2.45) is 0 Å². The number of carbonyl (C=O) groups is 1. The fourth-order valence-corrected chi connectivity index (χ4v) is 4.95. The van der Waals surface area contributed by atoms with Gasteiger partial charge in [-0.05, 0) is 87.2 Å². The third kappa shape index (κ3) is 4.12. The molecule has 1 aliphatic heterocycles. The average Bonchev–Trinajstić information content (AvgIpc) is 2.82. The topological polar surface area (TPSA) is 70.5 Å². The molecule has 35 heavy (non-hydrogen) atoms. The molecule has 0 spiro atoms. The lowest BCUT2D eigenvalue weighted by Crippen LogP contribution is -2.27. The summed E-state index contributed by atoms with van der Waals surface area (Å²) in [7, 11) is 1.61. The molecule has 4 aromatic rings. The molecule has 0 fully saturated rings. The predicted molar refractivity (Wildman–Crippen MR) is 137 cm³/mol. The summed E-state index contributed by atoms with van der Waals surface area (Å²) in [5.74, 6) is 1.32. The van der Waals surface area contributed by atoms with Gasteiger partial charge >= 0.3 is 0 Å². The first kappa shape index (κ1) is 23.2. The number of aryl methyl sites for hydroxylation is 1. The lowest BCUT2D eigenvalue weighted by atomic mass is 9.86. The predicted octanol–water partition coefficient (Wildman–Crippen LogP) is 6.15. The third-order valence-electron chi connectivity index (χ3n) is 6.37. The summed E-state index contributed by atoms with van der Waals surface area (Å²) in [6, 6.07) is 11.9. The number of ketones is 1. The van der Waals surface area contributed by atoms with E-state index in [1.807, 2.05) is 64.2 Å². The molecular weight excluding hydrogens is 440 g/mol. The number of hydrogen-bond donors (Lipinski definition) is 0. The Bertz CT molecular complexity index is 1460. The van der Waals surface area contributed by atoms with Gasteiger partial charge in [0.05, 0.1) is 30.4 Å². The zero-order valence-corrected chi connectivity index (χ0v) is 21.1. The Morgan fingerprint density at radius 3 is 2.66 bits per heavy atom. The number of aromatic nitrogens is 2. The Labute approximate surface area is 205 Å². The molecule has 1 atom stereocenters. The van der Waals surface area contributed by atoms with Crippen molar-refractivity contribution in [1.82, 2.24) is 9.97 Å². The van der Waals surface area contributed by atoms with E-state index in [2.05, 4.69) is 6.07 Å². The van der Waals surface area contributed by atoms with Crippen LogP contribution in [0.15, 0.2) is 42.6 Å². The van der Waals surface area contributed by atoms with E-state index >= 15 is 0 Å². The van der Waals surface area contributed by atoms with Crippen molar-refractivity contribution in [3.05, 3.63) is 59.3 Å². The molecule has 0 aliphatic carbocycles. The molecule has 0 saturated heterocycles. The van der Waals surface area contributed by atoms with Crippen LogP contribution in [0.2, 0.25) is 0 Å². The maximum Gasteiger partial charge on any atom is 0.213 e. The van der Waals surface area contributed by atoms with E-state index in [4.69, 9.17) is 24.2 Å². The van der Waals surface area contributed by atoms with E-state index in [1.165, 1.54) is 5.56 Å². The van der Waals surface area contributed by atoms with E-state index in [9.17, 15) is 4.79 Å². The van der Waals surface area contributed by atoms with Crippen LogP contribution in [-0.4, -0.2) is 35.1 Å². The molecule has 6 nitrogen and oxygen atoms in total. The van der Waals surface area contributed by atoms with Gasteiger partial charge in [0.1, 0.15) is 11.9 Å². The van der Waals surface area contributed by atoms with Crippen LogP contribution in [0.1, 0.15) is 50.5 Å². The maximum absolute atomic E-state index is 13.0. The molecule has 2 aromatic heterocycles. The normalized spacial score (nSPS) is 14.1. The summed E-state index contributed by atoms with van der Waals surface area (Å²) in [6.07, 6.45) is 1.95. The third-order valence-corrected chi connectivity index (χ3v) is 6.37. The molecule has 0 saturated carbocycles. The number of benzene rings is 2. The molecule has 0 amide bonds. The molecule has 5 rings (SSSR count). The second-order valence-electron chi connectivity index (χ2n) is 10.0. The van der Waals surface area contributed by atoms with Crippen molar-refractivity contribution in [1.29, 1.82) is 0 Å². The van der Waals surface area contributed by atoms with Crippen molar-refractivity contribution in [2.75, 3.05) is 13.7 Å². The summed E-state index contributed by atoms with van der Waals surface area (Å²) in [5.41, 5.74) is 5.93. The first-order chi connectivity index (χ1) is 16.7. The first-order valence-electron chi connectivity index (χ1n) is 11.9. The van der Waals surface area contributed by atoms with Crippen LogP contribution in [0.4, 0.5) is 0 Å². The minimum atomic E-state index is -0.737. The molecule has 180 valence electrons. The highest BCUT2D eigenvalue weighted by Crippen LogP contribution is 2.45. The van der Waals surface area contributed by atoms with Gasteiger partial charge in [0, 0.05) is 35.0 Å². The summed E-state index contributed by atoms with van der Waals surface area (Å²) in [5, 5.41) is 1.93. The minimum absolute atomic E-state index is 0.0517. The standard InChI is InChI=1S/C29H30N2O4/c1-16-15-21-19(8-10-23(31-21)33-6)26(24(16)28(17(2)32)35-29(3,4)5)20-7-9-22-25-18(12-14-34-22)11-13-30-27(20)25/h7-11,13,15,28H,12,14H2,1-6H3/t28-/m1/s1. The van der Waals surface area contributed by atoms with Crippen LogP contribution in [0, 0.1) is 6.92 Å². The van der Waals surface area contributed by atoms with Gasteiger partial charge < -0.3 is 14.2 Å². The van der Waals surface area contributed by atoms with Crippen LogP contribution in [0.25, 0.3) is 32.9 Å². The van der Waals surface area contributed by atoms with Crippen molar-refractivity contribution in [3.8, 4) is 22.8 Å². The largest absolute Gasteiger partial charge is 0.493 e. The Morgan fingerprint density at radius 1 is 1.14 bits per heavy atom. The van der Waals surface area contributed by atoms with Crippen molar-refractivity contribution in [3.63, 3.8) is 0 Å². The molecule has 6 heteroatoms. The summed E-state index contributed by atoms with van der Waals surface area (Å²) < 4.78 is 17.7. The zero-order chi connectivity index (χ0) is 24.9. The zero-order valence-electron chi connectivity index (χ0n) is 21.1. The smallest absolute Gasteiger partial charge is 0.213 e. The summed E-state index contributed by atoms with van der Waals surface area (Å²) in [6.45, 7) is 10.1. The van der Waals surface area contributed by atoms with Gasteiger partial charge in [-0.1, -0.05) is 0 Å². The van der Waals surface area contributed by atoms with Crippen molar-refractivity contribution >= 4 is 27.6 Å². The number of ether oxygens (including phenoxy) is 3. The van der Waals surface area contributed by atoms with Gasteiger partial charge in [-0.25, -0.2) is 4.98 Å². The molecule has 0 radical (unpaired) electrons. The van der Waals surface area contributed by atoms with E-state index in [0.29, 0.717) is 12.5 Å². The number of pyridine rings is 2. The monoisotopic (exact) mass is 470 g/mol. The van der Waals surface area contributed by atoms with Crippen LogP contribution in [-0.2, 0) is 16.0 Å². The van der Waals surface area contributed by atoms with Crippen LogP contribution in [0.5, 0.6) is 11.6 Å². The lowest BCUT2D eigenvalue weighted by Gasteiger charge is -2.30. The summed E-state index contributed by atoms with van der Waals surface area (Å²) in [4.78, 5) is 22.5. The second kappa shape index (κ2) is 8.61. The fraction of sp³-hybridized carbons (Fsp3) is 0.345. The number of methoxy groups -OCH3 is 1. The van der Waals surface area contributed by atoms with E-state index in [-0.39, 0.29) is 5.78 Å². The molecule has 0 unspecified atom stereocenters. The molecule has 3 heterocycles. The van der Waals surface area contributed by atoms with Gasteiger partial charge in [0.2, 0.25) is 5.88 Å². The number of nitrogens with zero attached hydrogens (tertiary/aromatic N) is 2. The van der Waals surface area contributed by atoms with Crippen LogP contribution < -0.4 is 9.47 Å². The average molecular weight is 471 g/mol. The molecule has 0 bridgehead atoms. The van der Waals surface area contributed by atoms with E-state index in [0.717, 1.165) is 56.2 Å². The molecule has 0 N–H and O–H groups in total. The van der Waals surface area contributed by atoms with Gasteiger partial charge in [0.15, 0.2) is 5.78 Å². The van der Waals surface area contributed by atoms with E-state index in [1.54, 1.807) is 14.0 Å². The number of rotatable bonds is 5. The van der Waals surface area contributed by atoms with E-state index < -0.39 is 11.7 Å². The molecular formula is C29H30N2O4. The minimum Gasteiger partial charge on any atom is -0.493 e. The molecule has 1 aliphatic rings. The Balaban J connectivity index is 1.91. The molecule has 2 aromatic carbocycles. The lowest BCUT2D eigenvalue weighted by molar-refractivity contribution is -0.138. The quantitative estimate of drug-likeness (QED) is 0.349. The highest BCUT2D eigenvalue weighted by Gasteiger charge is 2.31. The highest BCUT2D eigenvalue weighted by atomic mass is 16.5. The second-order valence-corrected chi connectivity index (χ2v) is 10.0. The maximum atomic E-state index is 13.0. The number of Topliss-reactive ketones (excluding diaryl/α,β-unsaturated/α-hetero) is 1. The van der Waals surface area contributed by atoms with Crippen LogP contribution >= 0.6 is 0 Å². The summed E-state index contributed by atoms with van der Waals surface area (Å²) >= 11 is 0. The van der Waals surface area contributed by atoms with Gasteiger partial charge in [-0.2, -0.15) is 0 Å². The first-order valence-corrected chi connectivity index (χ1v) is 11.9. The van der Waals surface area contributed by atoms with Gasteiger partial charge in [-0.15, -0.1) is 0 Å². The highest BCUT2D eigenvalue weighted by molar-refractivity contribution is 6.08. The van der Waals surface area contributed by atoms with Gasteiger partial charge in [-0.3, -0.25) is 9.78 Å². The van der Waals surface area contributed by atoms with Crippen LogP contribution in [0.3, 0.4) is 0 Å². The number of hydrogen-bond acceptors (Lipinski definition) is 6. The Hall–Kier alpha value is -3.51. The Morgan fingerprint density at radius 2 is 1.94 bits per heavy atom. The number of carbonyl (C=O) groups excluding carboxylic acids is 1. The number of fused-ring (bicyclic) bond motifs is 1. The van der Waals surface area contributed by atoms with Gasteiger partial charge in [0.25, 0.3) is 0 Å². The SMILES string of the molecule is COc1ccc2c(-c3ccc4c5c(ccnc35)CCO4)c([C@H](OC(C)(C)C)C(C)=O)c(C)cc2n1.